The van der Waals surface area contributed by atoms with Crippen molar-refractivity contribution in [3.8, 4) is 0 Å². The first-order chi connectivity index (χ1) is 30.8. The number of rotatable bonds is 14. The Morgan fingerprint density at radius 2 is 0.908 bits per heavy atom. The number of hydrogen-bond donors (Lipinski definition) is 0. The quantitative estimate of drug-likeness (QED) is 0.127. The molecule has 374 valence electrons. The van der Waals surface area contributed by atoms with E-state index in [0.29, 0.717) is 93.8 Å². The molecule has 0 amide bonds. The van der Waals surface area contributed by atoms with E-state index in [-0.39, 0.29) is 18.0 Å². The Morgan fingerprint density at radius 3 is 1.29 bits per heavy atom. The van der Waals surface area contributed by atoms with E-state index < -0.39 is 0 Å². The molecule has 11 heteroatoms. The van der Waals surface area contributed by atoms with Gasteiger partial charge in [0.05, 0.1) is 30.5 Å². The molecule has 0 aromatic rings. The Labute approximate surface area is 407 Å². The number of Topliss-reactive ketones (excluding diaryl/α,β-unsaturated/α-hetero) is 1. The highest BCUT2D eigenvalue weighted by Gasteiger charge is 2.65. The zero-order valence-corrected chi connectivity index (χ0v) is 47.3. The first-order valence-electron chi connectivity index (χ1n) is 26.9. The highest BCUT2D eigenvalue weighted by atomic mass is 31.0. The molecule has 8 saturated carbocycles. The maximum Gasteiger partial charge on any atom is 0.306 e. The summed E-state index contributed by atoms with van der Waals surface area (Å²) in [4.78, 5) is 24.4. The Kier molecular flexibility index (Phi) is 18.0. The molecule has 7 nitrogen and oxygen atoms in total. The van der Waals surface area contributed by atoms with E-state index in [4.69, 9.17) is 22.8 Å². The van der Waals surface area contributed by atoms with E-state index in [1.807, 2.05) is 27.7 Å². The molecule has 65 heavy (non-hydrogen) atoms. The third-order valence-corrected chi connectivity index (χ3v) is 23.6. The van der Waals surface area contributed by atoms with Crippen molar-refractivity contribution in [1.29, 1.82) is 0 Å². The van der Waals surface area contributed by atoms with Crippen LogP contribution in [-0.4, -0.2) is 42.3 Å². The average molecular weight is 981 g/mol. The number of carbonyl (C=O) groups excluding carboxylic acids is 2. The molecule has 0 bridgehead atoms. The van der Waals surface area contributed by atoms with Crippen molar-refractivity contribution in [2.45, 2.75) is 228 Å². The van der Waals surface area contributed by atoms with Gasteiger partial charge in [0.1, 0.15) is 5.78 Å². The van der Waals surface area contributed by atoms with Crippen molar-refractivity contribution in [3.05, 3.63) is 0 Å². The van der Waals surface area contributed by atoms with Crippen LogP contribution in [0.15, 0.2) is 0 Å². The first-order valence-corrected chi connectivity index (χ1v) is 28.8. The van der Waals surface area contributed by atoms with Gasteiger partial charge in [0.2, 0.25) is 0 Å². The average Bonchev–Trinajstić information content (AvgIpc) is 3.83. The van der Waals surface area contributed by atoms with E-state index in [0.717, 1.165) is 54.8 Å². The predicted molar refractivity (Wildman–Crippen MR) is 277 cm³/mol. The molecule has 0 heterocycles. The first kappa shape index (κ1) is 53.5. The fraction of sp³-hybridized carbons (Fsp3) is 0.963. The van der Waals surface area contributed by atoms with Gasteiger partial charge >= 0.3 is 5.97 Å². The van der Waals surface area contributed by atoms with Crippen LogP contribution >= 0.6 is 37.9 Å². The van der Waals surface area contributed by atoms with Crippen LogP contribution in [0.2, 0.25) is 0 Å². The van der Waals surface area contributed by atoms with Gasteiger partial charge in [-0.3, -0.25) is 9.59 Å². The van der Waals surface area contributed by atoms with Crippen LogP contribution in [0.5, 0.6) is 0 Å². The smallest absolute Gasteiger partial charge is 0.306 e. The zero-order valence-electron chi connectivity index (χ0n) is 42.7. The van der Waals surface area contributed by atoms with Crippen LogP contribution < -0.4 is 0 Å². The van der Waals surface area contributed by atoms with Crippen molar-refractivity contribution in [2.24, 2.45) is 98.6 Å². The molecular weight excluding hydrogens is 884 g/mol. The molecule has 0 N–H and O–H groups in total. The fourth-order valence-electron chi connectivity index (χ4n) is 18.5. The van der Waals surface area contributed by atoms with Gasteiger partial charge in [-0.1, -0.05) is 55.4 Å². The number of ketones is 1. The molecule has 8 aliphatic carbocycles. The zero-order chi connectivity index (χ0) is 47.2. The second-order valence-electron chi connectivity index (χ2n) is 25.5. The molecule has 0 aliphatic heterocycles. The number of ether oxygens (including phenoxy) is 1. The molecule has 0 saturated heterocycles. The molecule has 0 aromatic carbocycles. The minimum atomic E-state index is -0.0342. The van der Waals surface area contributed by atoms with Crippen molar-refractivity contribution in [3.63, 3.8) is 0 Å². The van der Waals surface area contributed by atoms with E-state index in [1.54, 1.807) is 0 Å². The summed E-state index contributed by atoms with van der Waals surface area (Å²) in [6, 6.07) is 0. The Morgan fingerprint density at radius 1 is 0.508 bits per heavy atom. The van der Waals surface area contributed by atoms with E-state index in [1.165, 1.54) is 103 Å². The van der Waals surface area contributed by atoms with Crippen LogP contribution in [-0.2, 0) is 32.4 Å². The summed E-state index contributed by atoms with van der Waals surface area (Å²) in [5, 5.41) is 0. The molecule has 24 atom stereocenters. The lowest BCUT2D eigenvalue weighted by atomic mass is 9.43. The lowest BCUT2D eigenvalue weighted by Crippen LogP contribution is -2.58. The monoisotopic (exact) mass is 981 g/mol. The largest absolute Gasteiger partial charge is 0.463 e. The standard InChI is InChI=1S/C27H48O4P2.C27H48O3P2/c1-16(2)29-24(28)9-6-17(3)20-7-8-21-25-22(11-13-27(20,21)5)26(4)12-10-19(30-32)14-18(26)15-23(25)31-33;1-16(2)23(28)9-6-17(3)20-7-8-21-25-22(11-13-27(20,21)5)26(4)12-10-19(29-31)14-18(26)15-24(25)30-32/h16-23,25H,6-15,32-33H2,1-5H3;16-22,24-25H,6-15,31-32H2,1-5H3/t17-,18+,19?,20-,21+,22+,23?,25+,26+,27-;17-,18+,19?,20-,21+,22+,24?,25+,26+,27-/m11/s1. The summed E-state index contributed by atoms with van der Waals surface area (Å²) in [5.41, 5.74) is 1.65. The predicted octanol–water partition coefficient (Wildman–Crippen LogP) is 14.2. The minimum absolute atomic E-state index is 0.0190. The molecule has 0 radical (unpaired) electrons. The van der Waals surface area contributed by atoms with Gasteiger partial charge in [0.25, 0.3) is 0 Å². The van der Waals surface area contributed by atoms with E-state index in [2.05, 4.69) is 79.4 Å². The SMILES string of the molecule is CC(C)C(=O)CC[C@@H](C)[C@H]1CC[C@H]2[C@@H]3C(OP)C[C@@H]4CC(OP)CC[C@]4(C)[C@H]3CC[C@]12C.CC(C)OC(=O)CC[C@@H](C)[C@H]1CC[C@H]2[C@@H]3C(OP)C[C@@H]4CC(OP)CC[C@]4(C)[C@H]3CC[C@]12C. The summed E-state index contributed by atoms with van der Waals surface area (Å²) in [6.45, 7) is 23.2. The molecule has 8 aliphatic rings. The van der Waals surface area contributed by atoms with Crippen LogP contribution in [0.1, 0.15) is 198 Å². The van der Waals surface area contributed by atoms with E-state index >= 15 is 0 Å². The molecule has 0 aromatic heterocycles. The normalized spacial score (nSPS) is 46.3. The van der Waals surface area contributed by atoms with Gasteiger partial charge < -0.3 is 22.8 Å². The lowest BCUT2D eigenvalue weighted by Gasteiger charge is -2.63. The third-order valence-electron chi connectivity index (χ3n) is 22.1. The molecule has 8 unspecified atom stereocenters. The highest BCUT2D eigenvalue weighted by Crippen LogP contribution is 2.71. The number of hydrogen-bond acceptors (Lipinski definition) is 7. The van der Waals surface area contributed by atoms with Gasteiger partial charge in [-0.25, -0.2) is 0 Å². The highest BCUT2D eigenvalue weighted by molar-refractivity contribution is 7.10. The van der Waals surface area contributed by atoms with E-state index in [9.17, 15) is 9.59 Å². The topological polar surface area (TPSA) is 80.3 Å². The summed E-state index contributed by atoms with van der Waals surface area (Å²) in [5.74, 6) is 9.08. The molecule has 8 fully saturated rings. The maximum atomic E-state index is 12.3. The van der Waals surface area contributed by atoms with Crippen molar-refractivity contribution in [2.75, 3.05) is 0 Å². The van der Waals surface area contributed by atoms with Crippen LogP contribution in [0.25, 0.3) is 0 Å². The Bertz CT molecular complexity index is 1620. The van der Waals surface area contributed by atoms with Gasteiger partial charge in [0.15, 0.2) is 0 Å². The second-order valence-corrected chi connectivity index (χ2v) is 26.6. The van der Waals surface area contributed by atoms with Crippen molar-refractivity contribution >= 4 is 49.6 Å². The van der Waals surface area contributed by atoms with Gasteiger partial charge in [-0.15, -0.1) is 0 Å². The van der Waals surface area contributed by atoms with Crippen molar-refractivity contribution < 1.29 is 32.4 Å². The fourth-order valence-corrected chi connectivity index (χ4v) is 19.6. The molecular formula is C54H96O7P4. The summed E-state index contributed by atoms with van der Waals surface area (Å²) < 4.78 is 29.2. The van der Waals surface area contributed by atoms with Crippen LogP contribution in [0.3, 0.4) is 0 Å². The summed E-state index contributed by atoms with van der Waals surface area (Å²) in [7, 11) is 10.3. The van der Waals surface area contributed by atoms with Crippen LogP contribution in [0, 0.1) is 98.6 Å². The number of fused-ring (bicyclic) bond motifs is 10. The third kappa shape index (κ3) is 10.4. The molecule has 0 spiro atoms. The summed E-state index contributed by atoms with van der Waals surface area (Å²) >= 11 is 0. The minimum Gasteiger partial charge on any atom is -0.463 e. The van der Waals surface area contributed by atoms with Gasteiger partial charge in [0, 0.05) is 56.6 Å². The lowest BCUT2D eigenvalue weighted by molar-refractivity contribution is -0.163. The molecule has 8 rings (SSSR count). The van der Waals surface area contributed by atoms with Gasteiger partial charge in [-0.2, -0.15) is 0 Å². The Balaban J connectivity index is 0.000000194. The van der Waals surface area contributed by atoms with Crippen molar-refractivity contribution in [1.82, 2.24) is 0 Å². The number of esters is 1. The maximum absolute atomic E-state index is 12.3. The summed E-state index contributed by atoms with van der Waals surface area (Å²) in [6.07, 6.45) is 25.3. The second kappa shape index (κ2) is 21.8. The Hall–Kier alpha value is 0.700. The van der Waals surface area contributed by atoms with Crippen LogP contribution in [0.4, 0.5) is 0 Å². The van der Waals surface area contributed by atoms with Gasteiger partial charge in [-0.05, 0) is 222 Å². The number of carbonyl (C=O) groups is 2.